The summed E-state index contributed by atoms with van der Waals surface area (Å²) < 4.78 is 40.3. The van der Waals surface area contributed by atoms with Gasteiger partial charge >= 0.3 is 0 Å². The maximum atomic E-state index is 13.0. The van der Waals surface area contributed by atoms with Crippen molar-refractivity contribution in [1.29, 1.82) is 0 Å². The van der Waals surface area contributed by atoms with Gasteiger partial charge in [-0.25, -0.2) is 12.8 Å². The van der Waals surface area contributed by atoms with Crippen LogP contribution >= 0.6 is 0 Å². The maximum Gasteiger partial charge on any atom is 0.261 e. The zero-order valence-corrected chi connectivity index (χ0v) is 16.4. The zero-order valence-electron chi connectivity index (χ0n) is 15.5. The second kappa shape index (κ2) is 7.92. The van der Waals surface area contributed by atoms with E-state index in [1.54, 1.807) is 12.3 Å². The zero-order chi connectivity index (χ0) is 21.1. The molecule has 0 aliphatic heterocycles. The normalized spacial score (nSPS) is 11.2. The molecule has 0 fully saturated rings. The summed E-state index contributed by atoms with van der Waals surface area (Å²) in [7, 11) is -3.87. The van der Waals surface area contributed by atoms with Crippen LogP contribution in [0, 0.1) is 5.82 Å². The van der Waals surface area contributed by atoms with Gasteiger partial charge in [0, 0.05) is 22.8 Å². The van der Waals surface area contributed by atoms with Gasteiger partial charge in [-0.3, -0.25) is 14.5 Å². The lowest BCUT2D eigenvalue weighted by Gasteiger charge is -2.10. The fourth-order valence-corrected chi connectivity index (χ4v) is 3.98. The average Bonchev–Trinajstić information content (AvgIpc) is 2.75. The van der Waals surface area contributed by atoms with E-state index in [4.69, 9.17) is 0 Å². The second-order valence-electron chi connectivity index (χ2n) is 6.47. The molecule has 0 bridgehead atoms. The van der Waals surface area contributed by atoms with E-state index >= 15 is 0 Å². The Kier molecular flexibility index (Phi) is 5.16. The summed E-state index contributed by atoms with van der Waals surface area (Å²) in [6, 6.07) is 19.7. The lowest BCUT2D eigenvalue weighted by Crippen LogP contribution is -2.15. The molecule has 0 unspecified atom stereocenters. The van der Waals surface area contributed by atoms with Crippen molar-refractivity contribution in [1.82, 2.24) is 4.98 Å². The molecule has 1 heterocycles. The average molecular weight is 421 g/mol. The number of pyridine rings is 1. The summed E-state index contributed by atoms with van der Waals surface area (Å²) in [6.45, 7) is 0. The molecule has 150 valence electrons. The molecular weight excluding hydrogens is 405 g/mol. The van der Waals surface area contributed by atoms with E-state index < -0.39 is 15.8 Å². The molecule has 8 heteroatoms. The Morgan fingerprint density at radius 1 is 0.867 bits per heavy atom. The number of nitrogens with zero attached hydrogens (tertiary/aromatic N) is 1. The Bertz CT molecular complexity index is 1320. The molecular formula is C22H16FN3O3S. The van der Waals surface area contributed by atoms with Gasteiger partial charge in [-0.15, -0.1) is 0 Å². The Morgan fingerprint density at radius 2 is 1.57 bits per heavy atom. The number of carbonyl (C=O) groups is 1. The van der Waals surface area contributed by atoms with Crippen LogP contribution in [0.5, 0.6) is 0 Å². The van der Waals surface area contributed by atoms with Gasteiger partial charge < -0.3 is 5.32 Å². The van der Waals surface area contributed by atoms with Gasteiger partial charge in [0.05, 0.1) is 16.1 Å². The van der Waals surface area contributed by atoms with Crippen LogP contribution in [-0.2, 0) is 10.0 Å². The van der Waals surface area contributed by atoms with Gasteiger partial charge in [0.1, 0.15) is 5.82 Å². The molecule has 1 aromatic heterocycles. The van der Waals surface area contributed by atoms with Crippen LogP contribution in [0.25, 0.3) is 10.9 Å². The van der Waals surface area contributed by atoms with E-state index in [0.717, 1.165) is 17.5 Å². The molecule has 3 aromatic carbocycles. The lowest BCUT2D eigenvalue weighted by molar-refractivity contribution is 0.102. The molecule has 0 aliphatic rings. The molecule has 0 spiro atoms. The quantitative estimate of drug-likeness (QED) is 0.499. The van der Waals surface area contributed by atoms with Crippen LogP contribution in [0.15, 0.2) is 90.0 Å². The van der Waals surface area contributed by atoms with Crippen molar-refractivity contribution < 1.29 is 17.6 Å². The van der Waals surface area contributed by atoms with Crippen molar-refractivity contribution in [3.63, 3.8) is 0 Å². The van der Waals surface area contributed by atoms with E-state index in [9.17, 15) is 17.6 Å². The molecule has 0 saturated carbocycles. The number of hydrogen-bond acceptors (Lipinski definition) is 4. The summed E-state index contributed by atoms with van der Waals surface area (Å²) in [4.78, 5) is 16.9. The number of amides is 1. The predicted molar refractivity (Wildman–Crippen MR) is 113 cm³/mol. The van der Waals surface area contributed by atoms with Gasteiger partial charge in [-0.05, 0) is 60.7 Å². The number of fused-ring (bicyclic) bond motifs is 1. The molecule has 2 N–H and O–H groups in total. The molecule has 0 saturated heterocycles. The minimum Gasteiger partial charge on any atom is -0.320 e. The standard InChI is InChI=1S/C22H16FN3O3S/c23-17-8-10-18(11-9-17)26-30(28,29)19-12-6-16(7-13-19)22(27)25-20-5-1-3-15-4-2-14-24-21(15)20/h1-14,26H,(H,25,27). The number of sulfonamides is 1. The highest BCUT2D eigenvalue weighted by Gasteiger charge is 2.16. The number of aromatic nitrogens is 1. The fourth-order valence-electron chi connectivity index (χ4n) is 2.92. The number of anilines is 2. The topological polar surface area (TPSA) is 88.2 Å². The van der Waals surface area contributed by atoms with E-state index in [-0.39, 0.29) is 16.5 Å². The molecule has 4 rings (SSSR count). The SMILES string of the molecule is O=C(Nc1cccc2cccnc12)c1ccc(S(=O)(=O)Nc2ccc(F)cc2)cc1. The molecule has 4 aromatic rings. The highest BCUT2D eigenvalue weighted by Crippen LogP contribution is 2.22. The number of hydrogen-bond donors (Lipinski definition) is 2. The highest BCUT2D eigenvalue weighted by atomic mass is 32.2. The first-order chi connectivity index (χ1) is 14.4. The van der Waals surface area contributed by atoms with Crippen molar-refractivity contribution in [2.24, 2.45) is 0 Å². The van der Waals surface area contributed by atoms with Crippen LogP contribution in [0.4, 0.5) is 15.8 Å². The van der Waals surface area contributed by atoms with Gasteiger partial charge in [0.25, 0.3) is 15.9 Å². The van der Waals surface area contributed by atoms with Crippen molar-refractivity contribution in [2.75, 3.05) is 10.0 Å². The van der Waals surface area contributed by atoms with Gasteiger partial charge in [-0.1, -0.05) is 18.2 Å². The Hall–Kier alpha value is -3.78. The Morgan fingerprint density at radius 3 is 2.30 bits per heavy atom. The number of nitrogens with one attached hydrogen (secondary N) is 2. The van der Waals surface area contributed by atoms with Crippen LogP contribution in [0.1, 0.15) is 10.4 Å². The summed E-state index contributed by atoms with van der Waals surface area (Å²) in [5, 5.41) is 3.69. The summed E-state index contributed by atoms with van der Waals surface area (Å²) >= 11 is 0. The number of para-hydroxylation sites is 1. The molecule has 1 amide bonds. The van der Waals surface area contributed by atoms with Crippen molar-refractivity contribution in [2.45, 2.75) is 4.90 Å². The van der Waals surface area contributed by atoms with E-state index in [1.165, 1.54) is 36.4 Å². The first-order valence-electron chi connectivity index (χ1n) is 8.96. The van der Waals surface area contributed by atoms with E-state index in [2.05, 4.69) is 15.0 Å². The first kappa shape index (κ1) is 19.5. The van der Waals surface area contributed by atoms with E-state index in [1.807, 2.05) is 24.3 Å². The predicted octanol–water partition coefficient (Wildman–Crippen LogP) is 4.43. The second-order valence-corrected chi connectivity index (χ2v) is 8.15. The van der Waals surface area contributed by atoms with Gasteiger partial charge in [0.2, 0.25) is 0 Å². The van der Waals surface area contributed by atoms with Crippen LogP contribution < -0.4 is 10.0 Å². The number of halogens is 1. The molecule has 0 atom stereocenters. The number of benzene rings is 3. The van der Waals surface area contributed by atoms with Crippen LogP contribution in [-0.4, -0.2) is 19.3 Å². The summed E-state index contributed by atoms with van der Waals surface area (Å²) in [5.74, 6) is -0.849. The van der Waals surface area contributed by atoms with Crippen molar-refractivity contribution in [3.8, 4) is 0 Å². The van der Waals surface area contributed by atoms with Crippen molar-refractivity contribution >= 4 is 38.2 Å². The molecule has 6 nitrogen and oxygen atoms in total. The van der Waals surface area contributed by atoms with E-state index in [0.29, 0.717) is 16.8 Å². The molecule has 0 radical (unpaired) electrons. The van der Waals surface area contributed by atoms with Crippen molar-refractivity contribution in [3.05, 3.63) is 96.4 Å². The third kappa shape index (κ3) is 4.13. The number of carbonyl (C=O) groups excluding carboxylic acids is 1. The number of rotatable bonds is 5. The van der Waals surface area contributed by atoms with Crippen LogP contribution in [0.2, 0.25) is 0 Å². The minimum absolute atomic E-state index is 0.0183. The van der Waals surface area contributed by atoms with Gasteiger partial charge in [0.15, 0.2) is 0 Å². The summed E-state index contributed by atoms with van der Waals surface area (Å²) in [6.07, 6.45) is 1.64. The monoisotopic (exact) mass is 421 g/mol. The maximum absolute atomic E-state index is 13.0. The Balaban J connectivity index is 1.52. The molecule has 0 aliphatic carbocycles. The third-order valence-electron chi connectivity index (χ3n) is 4.40. The lowest BCUT2D eigenvalue weighted by atomic mass is 10.1. The smallest absolute Gasteiger partial charge is 0.261 e. The third-order valence-corrected chi connectivity index (χ3v) is 5.80. The first-order valence-corrected chi connectivity index (χ1v) is 10.4. The largest absolute Gasteiger partial charge is 0.320 e. The Labute approximate surface area is 172 Å². The minimum atomic E-state index is -3.87. The highest BCUT2D eigenvalue weighted by molar-refractivity contribution is 7.92. The fraction of sp³-hybridized carbons (Fsp3) is 0. The summed E-state index contributed by atoms with van der Waals surface area (Å²) in [5.41, 5.74) is 1.76. The molecule has 30 heavy (non-hydrogen) atoms. The van der Waals surface area contributed by atoms with Gasteiger partial charge in [-0.2, -0.15) is 0 Å². The van der Waals surface area contributed by atoms with Crippen LogP contribution in [0.3, 0.4) is 0 Å².